The molecule has 1 N–H and O–H groups in total. The zero-order valence-corrected chi connectivity index (χ0v) is 32.7. The number of benzene rings is 2. The quantitative estimate of drug-likeness (QED) is 0.182. The van der Waals surface area contributed by atoms with Gasteiger partial charge in [0.05, 0.1) is 12.5 Å². The van der Waals surface area contributed by atoms with E-state index in [0.717, 1.165) is 48.1 Å². The molecular weight excluding hydrogens is 713 g/mol. The van der Waals surface area contributed by atoms with Crippen molar-refractivity contribution in [2.24, 2.45) is 17.8 Å². The number of likely N-dealkylation sites (tertiary alicyclic amines) is 1. The van der Waals surface area contributed by atoms with Gasteiger partial charge in [0.15, 0.2) is 0 Å². The van der Waals surface area contributed by atoms with Crippen LogP contribution in [0.15, 0.2) is 85.2 Å². The van der Waals surface area contributed by atoms with Crippen molar-refractivity contribution in [2.45, 2.75) is 101 Å². The fourth-order valence-corrected chi connectivity index (χ4v) is 9.81. The Balaban J connectivity index is 1.18. The summed E-state index contributed by atoms with van der Waals surface area (Å²) in [7, 11) is 1.36. The third-order valence-corrected chi connectivity index (χ3v) is 12.7. The number of methoxy groups -OCH3 is 1. The number of Topliss-reactive ketones (excluding diaryl/α,β-unsaturated/α-hetero) is 1. The Hall–Kier alpha value is -4.51. The molecule has 3 fully saturated rings. The lowest BCUT2D eigenvalue weighted by molar-refractivity contribution is -0.157. The Morgan fingerprint density at radius 1 is 0.818 bits per heavy atom. The number of rotatable bonds is 15. The third kappa shape index (κ3) is 10.8. The average molecular weight is 767 g/mol. The molecule has 0 unspecified atom stereocenters. The van der Waals surface area contributed by atoms with E-state index in [0.29, 0.717) is 58.0 Å². The van der Waals surface area contributed by atoms with Gasteiger partial charge in [0.1, 0.15) is 17.9 Å². The van der Waals surface area contributed by atoms with Crippen molar-refractivity contribution in [3.8, 4) is 0 Å². The van der Waals surface area contributed by atoms with E-state index >= 15 is 0 Å². The molecular formula is C44H54N4O6S. The van der Waals surface area contributed by atoms with Gasteiger partial charge in [-0.05, 0) is 99.1 Å². The fraction of sp³-hybridized carbons (Fsp3) is 0.500. The Morgan fingerprint density at radius 2 is 1.51 bits per heavy atom. The molecule has 3 aliphatic rings. The van der Waals surface area contributed by atoms with E-state index in [4.69, 9.17) is 4.74 Å². The molecule has 6 atom stereocenters. The minimum atomic E-state index is -0.627. The van der Waals surface area contributed by atoms with Crippen molar-refractivity contribution in [2.75, 3.05) is 19.4 Å². The SMILES string of the molecule is COC(=O)[C@@H]1CCC[C@@H]2SCC[C@H](CC(=O)[C@H](CC[C@H](Cc3ccccc3)C(=O)N[C@H]3CCCCN(Cc4cccnc4)C3=O)Cc3ccccc3)C(=O)N21. The van der Waals surface area contributed by atoms with Gasteiger partial charge in [0.25, 0.3) is 0 Å². The number of ether oxygens (including phenoxy) is 1. The van der Waals surface area contributed by atoms with Crippen molar-refractivity contribution >= 4 is 41.2 Å². The number of pyridine rings is 1. The molecule has 10 nitrogen and oxygen atoms in total. The van der Waals surface area contributed by atoms with E-state index in [-0.39, 0.29) is 35.3 Å². The molecule has 0 radical (unpaired) electrons. The lowest BCUT2D eigenvalue weighted by atomic mass is 9.82. The first-order valence-electron chi connectivity index (χ1n) is 19.9. The monoisotopic (exact) mass is 766 g/mol. The van der Waals surface area contributed by atoms with Crippen LogP contribution in [0.25, 0.3) is 0 Å². The number of ketones is 1. The first kappa shape index (κ1) is 40.2. The average Bonchev–Trinajstić information content (AvgIpc) is 3.48. The molecule has 3 aliphatic heterocycles. The van der Waals surface area contributed by atoms with Gasteiger partial charge >= 0.3 is 5.97 Å². The number of amides is 3. The molecule has 2 aromatic carbocycles. The van der Waals surface area contributed by atoms with Crippen molar-refractivity contribution in [3.05, 3.63) is 102 Å². The molecule has 3 aromatic rings. The third-order valence-electron chi connectivity index (χ3n) is 11.4. The summed E-state index contributed by atoms with van der Waals surface area (Å²) in [5, 5.41) is 3.06. The Bertz CT molecular complexity index is 1740. The normalized spacial score (nSPS) is 22.8. The van der Waals surface area contributed by atoms with Crippen molar-refractivity contribution in [1.29, 1.82) is 0 Å². The Kier molecular flexibility index (Phi) is 14.5. The number of nitrogens with zero attached hydrogens (tertiary/aromatic N) is 3. The summed E-state index contributed by atoms with van der Waals surface area (Å²) in [6, 6.07) is 22.3. The van der Waals surface area contributed by atoms with Gasteiger partial charge in [-0.25, -0.2) is 4.79 Å². The lowest BCUT2D eigenvalue weighted by Gasteiger charge is -2.40. The van der Waals surface area contributed by atoms with Gasteiger partial charge in [-0.15, -0.1) is 11.8 Å². The largest absolute Gasteiger partial charge is 0.467 e. The summed E-state index contributed by atoms with van der Waals surface area (Å²) < 4.78 is 5.09. The summed E-state index contributed by atoms with van der Waals surface area (Å²) in [6.45, 7) is 1.07. The molecule has 0 saturated carbocycles. The highest BCUT2D eigenvalue weighted by atomic mass is 32.2. The maximum absolute atomic E-state index is 14.4. The predicted octanol–water partition coefficient (Wildman–Crippen LogP) is 6.17. The summed E-state index contributed by atoms with van der Waals surface area (Å²) in [4.78, 5) is 77.1. The summed E-state index contributed by atoms with van der Waals surface area (Å²) in [6.07, 6.45) is 10.5. The van der Waals surface area contributed by atoms with E-state index in [9.17, 15) is 24.0 Å². The molecule has 55 heavy (non-hydrogen) atoms. The number of esters is 1. The number of carbonyl (C=O) groups is 5. The minimum absolute atomic E-state index is 0.00105. The van der Waals surface area contributed by atoms with Crippen LogP contribution < -0.4 is 5.32 Å². The molecule has 4 heterocycles. The molecule has 1 aromatic heterocycles. The lowest BCUT2D eigenvalue weighted by Crippen LogP contribution is -2.53. The summed E-state index contributed by atoms with van der Waals surface area (Å²) in [5.41, 5.74) is 2.98. The fourth-order valence-electron chi connectivity index (χ4n) is 8.37. The second-order valence-electron chi connectivity index (χ2n) is 15.2. The number of carbonyl (C=O) groups excluding carboxylic acids is 5. The zero-order valence-electron chi connectivity index (χ0n) is 31.9. The van der Waals surface area contributed by atoms with Crippen LogP contribution in [-0.4, -0.2) is 81.1 Å². The van der Waals surface area contributed by atoms with Crippen LogP contribution in [0.3, 0.4) is 0 Å². The van der Waals surface area contributed by atoms with Crippen LogP contribution in [-0.2, 0) is 48.1 Å². The topological polar surface area (TPSA) is 126 Å². The minimum Gasteiger partial charge on any atom is -0.467 e. The van der Waals surface area contributed by atoms with E-state index in [1.165, 1.54) is 7.11 Å². The predicted molar refractivity (Wildman–Crippen MR) is 212 cm³/mol. The summed E-state index contributed by atoms with van der Waals surface area (Å²) >= 11 is 1.69. The van der Waals surface area contributed by atoms with Gasteiger partial charge in [-0.2, -0.15) is 0 Å². The Morgan fingerprint density at radius 3 is 2.20 bits per heavy atom. The van der Waals surface area contributed by atoms with Crippen LogP contribution in [0, 0.1) is 17.8 Å². The standard InChI is InChI=1S/C44H54N4O6S/c1-54-44(53)38-18-10-19-40-48(38)42(51)36(22-25-55-40)28-39(49)34(26-31-12-4-2-5-13-31)20-21-35(27-32-14-6-3-7-15-32)41(50)46-37-17-8-9-24-47(43(37)52)30-33-16-11-23-45-29-33/h2-7,11-16,23,29,34-38,40H,8-10,17-22,24-28,30H2,1H3,(H,46,50)/t34-,35-,36-,37+,38+,40+/m1/s1. The summed E-state index contributed by atoms with van der Waals surface area (Å²) in [5.74, 6) is -1.47. The van der Waals surface area contributed by atoms with E-state index < -0.39 is 35.8 Å². The number of hydrogen-bond donors (Lipinski definition) is 1. The van der Waals surface area contributed by atoms with E-state index in [1.807, 2.05) is 77.7 Å². The molecule has 0 spiro atoms. The number of aromatic nitrogens is 1. The van der Waals surface area contributed by atoms with Gasteiger partial charge in [-0.1, -0.05) is 66.7 Å². The second kappa shape index (κ2) is 19.9. The van der Waals surface area contributed by atoms with Crippen LogP contribution in [0.4, 0.5) is 0 Å². The maximum atomic E-state index is 14.4. The number of hydrogen-bond acceptors (Lipinski definition) is 8. The second-order valence-corrected chi connectivity index (χ2v) is 16.5. The number of thioether (sulfide) groups is 1. The number of fused-ring (bicyclic) bond motifs is 1. The van der Waals surface area contributed by atoms with E-state index in [1.54, 1.807) is 29.1 Å². The highest BCUT2D eigenvalue weighted by Gasteiger charge is 2.44. The smallest absolute Gasteiger partial charge is 0.328 e. The van der Waals surface area contributed by atoms with Gasteiger partial charge in [0, 0.05) is 49.7 Å². The Labute approximate surface area is 329 Å². The first-order chi connectivity index (χ1) is 26.8. The van der Waals surface area contributed by atoms with Gasteiger partial charge in [0.2, 0.25) is 17.7 Å². The molecule has 292 valence electrons. The van der Waals surface area contributed by atoms with Crippen LogP contribution in [0.2, 0.25) is 0 Å². The maximum Gasteiger partial charge on any atom is 0.328 e. The molecule has 0 aliphatic carbocycles. The molecule has 0 bridgehead atoms. The van der Waals surface area contributed by atoms with E-state index in [2.05, 4.69) is 10.3 Å². The highest BCUT2D eigenvalue weighted by molar-refractivity contribution is 7.99. The van der Waals surface area contributed by atoms with Crippen LogP contribution in [0.5, 0.6) is 0 Å². The van der Waals surface area contributed by atoms with Gasteiger partial charge in [-0.3, -0.25) is 24.2 Å². The number of piperidine rings is 1. The highest BCUT2D eigenvalue weighted by Crippen LogP contribution is 2.38. The van der Waals surface area contributed by atoms with Crippen LogP contribution in [0.1, 0.15) is 80.9 Å². The van der Waals surface area contributed by atoms with Crippen molar-refractivity contribution in [3.63, 3.8) is 0 Å². The van der Waals surface area contributed by atoms with Crippen molar-refractivity contribution in [1.82, 2.24) is 20.1 Å². The zero-order chi connectivity index (χ0) is 38.6. The molecule has 3 amide bonds. The molecule has 6 rings (SSSR count). The van der Waals surface area contributed by atoms with Gasteiger partial charge < -0.3 is 19.9 Å². The first-order valence-corrected chi connectivity index (χ1v) is 21.0. The van der Waals surface area contributed by atoms with Crippen LogP contribution >= 0.6 is 11.8 Å². The number of nitrogens with one attached hydrogen (secondary N) is 1. The van der Waals surface area contributed by atoms with Crippen molar-refractivity contribution < 1.29 is 28.7 Å². The molecule has 11 heteroatoms. The molecule has 3 saturated heterocycles.